The lowest BCUT2D eigenvalue weighted by molar-refractivity contribution is -0.124. The van der Waals surface area contributed by atoms with Gasteiger partial charge in [-0.3, -0.25) is 4.79 Å². The van der Waals surface area contributed by atoms with E-state index in [9.17, 15) is 18.3 Å². The summed E-state index contributed by atoms with van der Waals surface area (Å²) in [4.78, 5) is 13.5. The molecule has 9 nitrogen and oxygen atoms in total. The number of hydrogen-bond donors (Lipinski definition) is 2. The number of sulfonamides is 1. The topological polar surface area (TPSA) is 114 Å². The maximum absolute atomic E-state index is 13.7. The predicted molar refractivity (Wildman–Crippen MR) is 165 cm³/mol. The van der Waals surface area contributed by atoms with Crippen molar-refractivity contribution < 1.29 is 32.5 Å². The minimum atomic E-state index is -3.96. The van der Waals surface area contributed by atoms with Crippen molar-refractivity contribution in [2.24, 2.45) is 5.92 Å². The molecule has 0 unspecified atom stereocenters. The molecule has 0 radical (unpaired) electrons. The summed E-state index contributed by atoms with van der Waals surface area (Å²) in [7, 11) is -2.45. The van der Waals surface area contributed by atoms with Crippen LogP contribution in [-0.2, 0) is 31.5 Å². The van der Waals surface area contributed by atoms with Gasteiger partial charge in [0.1, 0.15) is 17.6 Å². The molecule has 1 amide bonds. The number of nitrogens with zero attached hydrogens (tertiary/aromatic N) is 1. The average molecular weight is 611 g/mol. The zero-order chi connectivity index (χ0) is 31.0. The van der Waals surface area contributed by atoms with E-state index in [-0.39, 0.29) is 42.3 Å². The Morgan fingerprint density at radius 2 is 1.67 bits per heavy atom. The van der Waals surface area contributed by atoms with Crippen LogP contribution in [0.15, 0.2) is 83.8 Å². The number of rotatable bonds is 14. The number of hydrogen-bond acceptors (Lipinski definition) is 7. The second kappa shape index (κ2) is 14.4. The van der Waals surface area contributed by atoms with E-state index in [1.807, 2.05) is 68.4 Å². The Labute approximate surface area is 254 Å². The molecular formula is C33H42N2O7S. The number of carbonyl (C=O) groups excluding carboxylic acids is 1. The molecule has 0 aromatic heterocycles. The molecule has 10 heteroatoms. The van der Waals surface area contributed by atoms with Crippen LogP contribution in [0.1, 0.15) is 38.3 Å². The number of nitrogens with one attached hydrogen (secondary N) is 1. The summed E-state index contributed by atoms with van der Waals surface area (Å²) in [5.41, 5.74) is 0.153. The van der Waals surface area contributed by atoms with Gasteiger partial charge >= 0.3 is 0 Å². The van der Waals surface area contributed by atoms with E-state index in [4.69, 9.17) is 14.2 Å². The first-order valence-electron chi connectivity index (χ1n) is 14.5. The Bertz CT molecular complexity index is 1420. The van der Waals surface area contributed by atoms with E-state index in [0.29, 0.717) is 30.3 Å². The molecule has 1 aliphatic rings. The Morgan fingerprint density at radius 1 is 1.02 bits per heavy atom. The van der Waals surface area contributed by atoms with Crippen LogP contribution < -0.4 is 14.8 Å². The maximum Gasteiger partial charge on any atom is 0.243 e. The molecule has 3 aromatic rings. The van der Waals surface area contributed by atoms with Crippen molar-refractivity contribution in [3.8, 4) is 11.5 Å². The van der Waals surface area contributed by atoms with E-state index >= 15 is 0 Å². The molecule has 1 saturated heterocycles. The van der Waals surface area contributed by atoms with Gasteiger partial charge in [-0.15, -0.1) is 0 Å². The van der Waals surface area contributed by atoms with Crippen molar-refractivity contribution in [2.75, 3.05) is 33.4 Å². The van der Waals surface area contributed by atoms with Crippen LogP contribution in [0.4, 0.5) is 0 Å². The van der Waals surface area contributed by atoms with Crippen molar-refractivity contribution in [3.05, 3.63) is 90.0 Å². The highest BCUT2D eigenvalue weighted by Crippen LogP contribution is 2.29. The van der Waals surface area contributed by atoms with Crippen LogP contribution in [-0.4, -0.2) is 69.4 Å². The Morgan fingerprint density at radius 3 is 2.26 bits per heavy atom. The lowest BCUT2D eigenvalue weighted by atomic mass is 9.85. The van der Waals surface area contributed by atoms with Crippen molar-refractivity contribution in [1.82, 2.24) is 9.62 Å². The first-order chi connectivity index (χ1) is 20.5. The number of carbonyl (C=O) groups is 1. The predicted octanol–water partition coefficient (Wildman–Crippen LogP) is 4.14. The van der Waals surface area contributed by atoms with Crippen LogP contribution in [0.3, 0.4) is 0 Å². The van der Waals surface area contributed by atoms with Crippen molar-refractivity contribution >= 4 is 15.9 Å². The summed E-state index contributed by atoms with van der Waals surface area (Å²) in [6.07, 6.45) is -0.316. The number of amides is 1. The van der Waals surface area contributed by atoms with Crippen LogP contribution in [0.5, 0.6) is 11.5 Å². The zero-order valence-electron chi connectivity index (χ0n) is 25.2. The molecule has 0 spiro atoms. The van der Waals surface area contributed by atoms with E-state index in [0.717, 1.165) is 12.0 Å². The van der Waals surface area contributed by atoms with Gasteiger partial charge in [0.15, 0.2) is 0 Å². The molecular weight excluding hydrogens is 568 g/mol. The number of aliphatic hydroxyl groups excluding tert-OH is 1. The zero-order valence-corrected chi connectivity index (χ0v) is 26.0. The van der Waals surface area contributed by atoms with E-state index < -0.39 is 21.7 Å². The average Bonchev–Trinajstić information content (AvgIpc) is 3.51. The Kier molecular flexibility index (Phi) is 10.8. The van der Waals surface area contributed by atoms with E-state index in [2.05, 4.69) is 5.32 Å². The highest BCUT2D eigenvalue weighted by atomic mass is 32.2. The Balaban J connectivity index is 1.53. The second-order valence-electron chi connectivity index (χ2n) is 11.4. The Hall–Kier alpha value is -3.44. The molecule has 1 heterocycles. The molecule has 0 bridgehead atoms. The molecule has 1 fully saturated rings. The molecule has 232 valence electrons. The molecule has 1 aliphatic heterocycles. The molecule has 4 rings (SSSR count). The SMILES string of the molecule is COc1ccc(S(=O)(=O)N(CC(C)C)C[C@@H](O)[C@@](C)(NC(=O)Cc2ccc(O[C@H]3CCOC3)cc2)c2ccccc2)cc1. The third kappa shape index (κ3) is 8.35. The third-order valence-corrected chi connectivity index (χ3v) is 9.41. The first kappa shape index (κ1) is 32.5. The third-order valence-electron chi connectivity index (χ3n) is 7.56. The highest BCUT2D eigenvalue weighted by Gasteiger charge is 2.40. The standard InChI is InChI=1S/C33H42N2O7S/c1-24(2)21-35(43(38,39)30-16-14-27(40-4)15-17-30)22-31(36)33(3,26-8-6-5-7-9-26)34-32(37)20-25-10-12-28(13-11-25)42-29-18-19-41-23-29/h5-17,24,29,31,36H,18-23H2,1-4H3,(H,34,37)/t29-,31+,33-/m0/s1. The second-order valence-corrected chi connectivity index (χ2v) is 13.4. The minimum Gasteiger partial charge on any atom is -0.497 e. The lowest BCUT2D eigenvalue weighted by Crippen LogP contribution is -2.56. The number of methoxy groups -OCH3 is 1. The van der Waals surface area contributed by atoms with Crippen LogP contribution in [0.25, 0.3) is 0 Å². The van der Waals surface area contributed by atoms with E-state index in [1.54, 1.807) is 19.1 Å². The number of aliphatic hydroxyl groups is 1. The summed E-state index contributed by atoms with van der Waals surface area (Å²) < 4.78 is 45.2. The van der Waals surface area contributed by atoms with Gasteiger partial charge in [-0.2, -0.15) is 4.31 Å². The van der Waals surface area contributed by atoms with Crippen molar-refractivity contribution in [3.63, 3.8) is 0 Å². The quantitative estimate of drug-likeness (QED) is 0.282. The summed E-state index contributed by atoms with van der Waals surface area (Å²) in [5, 5.41) is 14.7. The van der Waals surface area contributed by atoms with Crippen molar-refractivity contribution in [2.45, 2.75) is 56.3 Å². The molecule has 0 saturated carbocycles. The fourth-order valence-electron chi connectivity index (χ4n) is 5.09. The fourth-order valence-corrected chi connectivity index (χ4v) is 6.70. The molecule has 2 N–H and O–H groups in total. The summed E-state index contributed by atoms with van der Waals surface area (Å²) >= 11 is 0. The number of benzene rings is 3. The molecule has 43 heavy (non-hydrogen) atoms. The largest absolute Gasteiger partial charge is 0.497 e. The van der Waals surface area contributed by atoms with Gasteiger partial charge in [-0.25, -0.2) is 8.42 Å². The minimum absolute atomic E-state index is 0.00839. The number of ether oxygens (including phenoxy) is 3. The first-order valence-corrected chi connectivity index (χ1v) is 16.0. The molecule has 0 aliphatic carbocycles. The molecule has 3 aromatic carbocycles. The fraction of sp³-hybridized carbons (Fsp3) is 0.424. The lowest BCUT2D eigenvalue weighted by Gasteiger charge is -2.38. The van der Waals surface area contributed by atoms with Gasteiger partial charge in [0.05, 0.1) is 43.3 Å². The monoisotopic (exact) mass is 610 g/mol. The van der Waals surface area contributed by atoms with Gasteiger partial charge in [-0.1, -0.05) is 56.3 Å². The van der Waals surface area contributed by atoms with Gasteiger partial charge in [0.2, 0.25) is 15.9 Å². The van der Waals surface area contributed by atoms with Crippen LogP contribution >= 0.6 is 0 Å². The smallest absolute Gasteiger partial charge is 0.243 e. The van der Waals surface area contributed by atoms with Crippen LogP contribution in [0.2, 0.25) is 0 Å². The van der Waals surface area contributed by atoms with E-state index in [1.165, 1.54) is 23.5 Å². The van der Waals surface area contributed by atoms with Gasteiger partial charge in [0, 0.05) is 19.5 Å². The van der Waals surface area contributed by atoms with Crippen molar-refractivity contribution in [1.29, 1.82) is 0 Å². The molecule has 3 atom stereocenters. The summed E-state index contributed by atoms with van der Waals surface area (Å²) in [5.74, 6) is 0.939. The van der Waals surface area contributed by atoms with Gasteiger partial charge in [0.25, 0.3) is 0 Å². The summed E-state index contributed by atoms with van der Waals surface area (Å²) in [6.45, 7) is 6.77. The maximum atomic E-state index is 13.7. The summed E-state index contributed by atoms with van der Waals surface area (Å²) in [6, 6.07) is 22.6. The van der Waals surface area contributed by atoms with Crippen LogP contribution in [0, 0.1) is 5.92 Å². The normalized spacial score (nSPS) is 17.4. The highest BCUT2D eigenvalue weighted by molar-refractivity contribution is 7.89. The van der Waals surface area contributed by atoms with Gasteiger partial charge in [-0.05, 0) is 60.4 Å². The van der Waals surface area contributed by atoms with Gasteiger partial charge < -0.3 is 24.6 Å².